The Labute approximate surface area is 158 Å². The molecule has 0 unspecified atom stereocenters. The Morgan fingerprint density at radius 1 is 1.07 bits per heavy atom. The number of carbonyl (C=O) groups excluding carboxylic acids is 3. The van der Waals surface area contributed by atoms with Gasteiger partial charge in [0.05, 0.1) is 5.56 Å². The fourth-order valence-corrected chi connectivity index (χ4v) is 3.17. The molecule has 5 heteroatoms. The van der Waals surface area contributed by atoms with Crippen LogP contribution in [0.3, 0.4) is 0 Å². The second-order valence-corrected chi connectivity index (χ2v) is 6.93. The molecule has 1 aliphatic heterocycles. The number of hydrogen-bond donors (Lipinski definition) is 0. The van der Waals surface area contributed by atoms with Crippen molar-refractivity contribution < 1.29 is 19.1 Å². The lowest BCUT2D eigenvalue weighted by Gasteiger charge is -2.15. The first kappa shape index (κ1) is 18.8. The van der Waals surface area contributed by atoms with Crippen LogP contribution in [-0.4, -0.2) is 35.7 Å². The summed E-state index contributed by atoms with van der Waals surface area (Å²) < 4.78 is 5.18. The molecule has 1 saturated heterocycles. The van der Waals surface area contributed by atoms with Crippen LogP contribution in [0.4, 0.5) is 0 Å². The quantitative estimate of drug-likeness (QED) is 0.581. The Morgan fingerprint density at radius 2 is 1.81 bits per heavy atom. The molecule has 0 N–H and O–H groups in total. The van der Waals surface area contributed by atoms with Crippen molar-refractivity contribution in [2.24, 2.45) is 0 Å². The highest BCUT2D eigenvalue weighted by atomic mass is 16.5. The molecule has 1 heterocycles. The first-order chi connectivity index (χ1) is 12.9. The summed E-state index contributed by atoms with van der Waals surface area (Å²) in [5.41, 5.74) is 3.78. The predicted octanol–water partition coefficient (Wildman–Crippen LogP) is 3.47. The normalized spacial score (nSPS) is 13.7. The van der Waals surface area contributed by atoms with Crippen LogP contribution in [0.5, 0.6) is 0 Å². The minimum absolute atomic E-state index is 0.170. The van der Waals surface area contributed by atoms with E-state index < -0.39 is 5.97 Å². The molecule has 0 aliphatic carbocycles. The van der Waals surface area contributed by atoms with Crippen LogP contribution >= 0.6 is 0 Å². The molecule has 27 heavy (non-hydrogen) atoms. The number of benzene rings is 2. The van der Waals surface area contributed by atoms with Gasteiger partial charge >= 0.3 is 5.97 Å². The van der Waals surface area contributed by atoms with E-state index in [0.717, 1.165) is 29.7 Å². The Balaban J connectivity index is 1.57. The summed E-state index contributed by atoms with van der Waals surface area (Å²) in [4.78, 5) is 38.0. The van der Waals surface area contributed by atoms with E-state index in [2.05, 4.69) is 0 Å². The maximum absolute atomic E-state index is 12.3. The maximum atomic E-state index is 12.3. The number of nitrogens with zero attached hydrogens (tertiary/aromatic N) is 1. The zero-order valence-electron chi connectivity index (χ0n) is 15.7. The van der Waals surface area contributed by atoms with Crippen molar-refractivity contribution in [1.82, 2.24) is 4.90 Å². The Bertz CT molecular complexity index is 870. The molecular weight excluding hydrogens is 342 g/mol. The van der Waals surface area contributed by atoms with E-state index in [1.54, 1.807) is 18.2 Å². The lowest BCUT2D eigenvalue weighted by molar-refractivity contribution is -0.128. The molecule has 1 aliphatic rings. The number of ketones is 1. The summed E-state index contributed by atoms with van der Waals surface area (Å²) in [6.07, 6.45) is 1.51. The van der Waals surface area contributed by atoms with Gasteiger partial charge in [0.25, 0.3) is 0 Å². The molecule has 1 fully saturated rings. The maximum Gasteiger partial charge on any atom is 0.338 e. The van der Waals surface area contributed by atoms with Crippen molar-refractivity contribution in [3.63, 3.8) is 0 Å². The predicted molar refractivity (Wildman–Crippen MR) is 102 cm³/mol. The van der Waals surface area contributed by atoms with Crippen molar-refractivity contribution in [3.05, 3.63) is 70.3 Å². The molecular formula is C22H23NO4. The van der Waals surface area contributed by atoms with Crippen molar-refractivity contribution in [2.75, 3.05) is 13.2 Å². The van der Waals surface area contributed by atoms with Crippen LogP contribution in [-0.2, 0) is 16.1 Å². The molecule has 0 aromatic heterocycles. The van der Waals surface area contributed by atoms with Crippen LogP contribution in [0.25, 0.3) is 0 Å². The number of Topliss-reactive ketones (excluding diaryl/α,β-unsaturated/α-hetero) is 1. The average molecular weight is 365 g/mol. The number of amides is 1. The molecule has 0 bridgehead atoms. The molecule has 0 atom stereocenters. The Hall–Kier alpha value is -2.95. The average Bonchev–Trinajstić information content (AvgIpc) is 3.06. The van der Waals surface area contributed by atoms with Crippen LogP contribution in [0.15, 0.2) is 42.5 Å². The van der Waals surface area contributed by atoms with Crippen LogP contribution < -0.4 is 0 Å². The topological polar surface area (TPSA) is 63.7 Å². The third kappa shape index (κ3) is 4.61. The minimum Gasteiger partial charge on any atom is -0.454 e. The number of likely N-dealkylation sites (tertiary alicyclic amines) is 1. The monoisotopic (exact) mass is 365 g/mol. The van der Waals surface area contributed by atoms with Crippen molar-refractivity contribution in [2.45, 2.75) is 33.2 Å². The van der Waals surface area contributed by atoms with Crippen LogP contribution in [0.1, 0.15) is 50.2 Å². The van der Waals surface area contributed by atoms with E-state index in [4.69, 9.17) is 4.74 Å². The third-order valence-electron chi connectivity index (χ3n) is 4.76. The van der Waals surface area contributed by atoms with Gasteiger partial charge in [0, 0.05) is 25.1 Å². The van der Waals surface area contributed by atoms with Crippen molar-refractivity contribution in [3.8, 4) is 0 Å². The lowest BCUT2D eigenvalue weighted by atomic mass is 10.0. The molecule has 2 aromatic carbocycles. The number of hydrogen-bond acceptors (Lipinski definition) is 4. The second-order valence-electron chi connectivity index (χ2n) is 6.93. The smallest absolute Gasteiger partial charge is 0.338 e. The van der Waals surface area contributed by atoms with Gasteiger partial charge in [-0.2, -0.15) is 0 Å². The molecule has 2 aromatic rings. The summed E-state index contributed by atoms with van der Waals surface area (Å²) in [5, 5.41) is 0. The lowest BCUT2D eigenvalue weighted by Crippen LogP contribution is -2.23. The zero-order valence-corrected chi connectivity index (χ0v) is 15.7. The van der Waals surface area contributed by atoms with Gasteiger partial charge < -0.3 is 9.64 Å². The molecule has 0 spiro atoms. The van der Waals surface area contributed by atoms with Crippen molar-refractivity contribution >= 4 is 17.7 Å². The highest BCUT2D eigenvalue weighted by molar-refractivity contribution is 6.00. The van der Waals surface area contributed by atoms with E-state index in [-0.39, 0.29) is 18.3 Å². The fourth-order valence-electron chi connectivity index (χ4n) is 3.17. The first-order valence-corrected chi connectivity index (χ1v) is 9.08. The van der Waals surface area contributed by atoms with E-state index in [1.165, 1.54) is 0 Å². The number of rotatable bonds is 6. The SMILES string of the molecule is Cc1ccc(C)c(C(=O)COC(=O)c2ccc(CN3CCCC3=O)cc2)c1. The van der Waals surface area contributed by atoms with E-state index in [1.807, 2.05) is 43.0 Å². The summed E-state index contributed by atoms with van der Waals surface area (Å²) in [7, 11) is 0. The van der Waals surface area contributed by atoms with Gasteiger partial charge in [-0.25, -0.2) is 4.79 Å². The van der Waals surface area contributed by atoms with E-state index in [0.29, 0.717) is 24.1 Å². The van der Waals surface area contributed by atoms with Crippen LogP contribution in [0.2, 0.25) is 0 Å². The molecule has 0 saturated carbocycles. The third-order valence-corrected chi connectivity index (χ3v) is 4.76. The second kappa shape index (κ2) is 8.16. The van der Waals surface area contributed by atoms with Gasteiger partial charge in [0.15, 0.2) is 6.61 Å². The first-order valence-electron chi connectivity index (χ1n) is 9.08. The molecule has 3 rings (SSSR count). The van der Waals surface area contributed by atoms with Gasteiger partial charge in [-0.05, 0) is 49.6 Å². The van der Waals surface area contributed by atoms with Gasteiger partial charge in [0.2, 0.25) is 11.7 Å². The number of aryl methyl sites for hydroxylation is 2. The zero-order chi connectivity index (χ0) is 19.4. The minimum atomic E-state index is -0.530. The molecule has 1 amide bonds. The van der Waals surface area contributed by atoms with E-state index >= 15 is 0 Å². The summed E-state index contributed by atoms with van der Waals surface area (Å²) in [5.74, 6) is -0.574. The summed E-state index contributed by atoms with van der Waals surface area (Å²) in [6.45, 7) is 4.83. The Morgan fingerprint density at radius 3 is 2.48 bits per heavy atom. The van der Waals surface area contributed by atoms with Crippen molar-refractivity contribution in [1.29, 1.82) is 0 Å². The van der Waals surface area contributed by atoms with Gasteiger partial charge in [-0.15, -0.1) is 0 Å². The summed E-state index contributed by atoms with van der Waals surface area (Å²) in [6, 6.07) is 12.6. The number of esters is 1. The summed E-state index contributed by atoms with van der Waals surface area (Å²) >= 11 is 0. The number of carbonyl (C=O) groups is 3. The number of ether oxygens (including phenoxy) is 1. The molecule has 140 valence electrons. The Kier molecular flexibility index (Phi) is 5.69. The van der Waals surface area contributed by atoms with E-state index in [9.17, 15) is 14.4 Å². The van der Waals surface area contributed by atoms with Gasteiger partial charge in [-0.3, -0.25) is 9.59 Å². The van der Waals surface area contributed by atoms with Gasteiger partial charge in [-0.1, -0.05) is 29.8 Å². The van der Waals surface area contributed by atoms with Gasteiger partial charge in [0.1, 0.15) is 0 Å². The highest BCUT2D eigenvalue weighted by Gasteiger charge is 2.20. The largest absolute Gasteiger partial charge is 0.454 e. The fraction of sp³-hybridized carbons (Fsp3) is 0.318. The highest BCUT2D eigenvalue weighted by Crippen LogP contribution is 2.16. The molecule has 0 radical (unpaired) electrons. The molecule has 5 nitrogen and oxygen atoms in total. The standard InChI is InChI=1S/C22H23NO4/c1-15-5-6-16(2)19(12-15)20(24)14-27-22(26)18-9-7-17(8-10-18)13-23-11-3-4-21(23)25/h5-10,12H,3-4,11,13-14H2,1-2H3. The van der Waals surface area contributed by atoms with Crippen LogP contribution in [0, 0.1) is 13.8 Å².